The van der Waals surface area contributed by atoms with Crippen LogP contribution >= 0.6 is 0 Å². The van der Waals surface area contributed by atoms with Gasteiger partial charge in [-0.1, -0.05) is 90.4 Å². The molecule has 0 atom stereocenters. The third-order valence-electron chi connectivity index (χ3n) is 7.50. The molecular formula is C35H47F4N. The van der Waals surface area contributed by atoms with Crippen molar-refractivity contribution < 1.29 is 17.6 Å². The highest BCUT2D eigenvalue weighted by atomic mass is 19.1. The Kier molecular flexibility index (Phi) is 12.9. The second-order valence-electron chi connectivity index (χ2n) is 12.5. The van der Waals surface area contributed by atoms with Crippen molar-refractivity contribution in [1.29, 1.82) is 0 Å². The van der Waals surface area contributed by atoms with Crippen molar-refractivity contribution in [3.8, 4) is 0 Å². The van der Waals surface area contributed by atoms with Gasteiger partial charge >= 0.3 is 0 Å². The lowest BCUT2D eigenvalue weighted by atomic mass is 9.75. The molecule has 3 aromatic rings. The van der Waals surface area contributed by atoms with Gasteiger partial charge in [0.05, 0.1) is 0 Å². The monoisotopic (exact) mass is 557 g/mol. The summed E-state index contributed by atoms with van der Waals surface area (Å²) in [5.74, 6) is -1.57. The molecule has 3 aromatic carbocycles. The van der Waals surface area contributed by atoms with Crippen LogP contribution in [0.4, 0.5) is 17.6 Å². The number of rotatable bonds is 4. The Balaban J connectivity index is 0.000000222. The molecule has 0 spiro atoms. The Bertz CT molecular complexity index is 1130. The first-order valence-electron chi connectivity index (χ1n) is 14.3. The fourth-order valence-corrected chi connectivity index (χ4v) is 4.86. The van der Waals surface area contributed by atoms with E-state index in [9.17, 15) is 17.6 Å². The molecule has 0 saturated carbocycles. The molecule has 1 saturated heterocycles. The number of benzene rings is 3. The molecule has 0 unspecified atom stereocenters. The molecule has 0 amide bonds. The number of aryl methyl sites for hydroxylation is 1. The SMILES string of the molecule is CC(C)c1c(F)cc(F)cc1F.CC(C)c1ccc(F)cc1.Cc1ccc(CN2CCC(C(C)(C)C)CC2)cc1. The molecule has 1 aliphatic rings. The molecule has 0 aromatic heterocycles. The van der Waals surface area contributed by atoms with E-state index < -0.39 is 17.5 Å². The first-order chi connectivity index (χ1) is 18.7. The minimum Gasteiger partial charge on any atom is -0.299 e. The van der Waals surface area contributed by atoms with Crippen LogP contribution in [0.1, 0.15) is 95.4 Å². The lowest BCUT2D eigenvalue weighted by Crippen LogP contribution is -2.37. The number of nitrogens with zero attached hydrogens (tertiary/aromatic N) is 1. The van der Waals surface area contributed by atoms with E-state index in [1.165, 1.54) is 54.8 Å². The van der Waals surface area contributed by atoms with Gasteiger partial charge in [-0.2, -0.15) is 0 Å². The van der Waals surface area contributed by atoms with Gasteiger partial charge in [-0.15, -0.1) is 0 Å². The van der Waals surface area contributed by atoms with Gasteiger partial charge in [0.2, 0.25) is 0 Å². The molecule has 1 aliphatic heterocycles. The average Bonchev–Trinajstić information content (AvgIpc) is 2.85. The van der Waals surface area contributed by atoms with Gasteiger partial charge in [-0.05, 0) is 79.3 Å². The smallest absolute Gasteiger partial charge is 0.132 e. The Morgan fingerprint density at radius 2 is 1.23 bits per heavy atom. The highest BCUT2D eigenvalue weighted by Crippen LogP contribution is 2.34. The quantitative estimate of drug-likeness (QED) is 0.288. The van der Waals surface area contributed by atoms with Crippen molar-refractivity contribution in [1.82, 2.24) is 4.90 Å². The predicted octanol–water partition coefficient (Wildman–Crippen LogP) is 10.4. The van der Waals surface area contributed by atoms with Gasteiger partial charge in [-0.25, -0.2) is 17.6 Å². The summed E-state index contributed by atoms with van der Waals surface area (Å²) in [5.41, 5.74) is 4.41. The van der Waals surface area contributed by atoms with Crippen LogP contribution < -0.4 is 0 Å². The van der Waals surface area contributed by atoms with E-state index in [4.69, 9.17) is 0 Å². The topological polar surface area (TPSA) is 3.24 Å². The Labute approximate surface area is 239 Å². The van der Waals surface area contributed by atoms with Crippen LogP contribution in [0.2, 0.25) is 0 Å². The summed E-state index contributed by atoms with van der Waals surface area (Å²) in [6.07, 6.45) is 2.71. The summed E-state index contributed by atoms with van der Waals surface area (Å²) in [6.45, 7) is 20.4. The van der Waals surface area contributed by atoms with E-state index >= 15 is 0 Å². The number of halogens is 4. The van der Waals surface area contributed by atoms with Crippen molar-refractivity contribution in [3.63, 3.8) is 0 Å². The maximum absolute atomic E-state index is 12.9. The van der Waals surface area contributed by atoms with Crippen LogP contribution in [0.5, 0.6) is 0 Å². The van der Waals surface area contributed by atoms with E-state index in [1.54, 1.807) is 13.8 Å². The maximum Gasteiger partial charge on any atom is 0.132 e. The van der Waals surface area contributed by atoms with Gasteiger partial charge in [0.25, 0.3) is 0 Å². The largest absolute Gasteiger partial charge is 0.299 e. The molecule has 0 aliphatic carbocycles. The highest BCUT2D eigenvalue weighted by Gasteiger charge is 2.28. The number of piperidine rings is 1. The second-order valence-corrected chi connectivity index (χ2v) is 12.5. The summed E-state index contributed by atoms with van der Waals surface area (Å²) in [4.78, 5) is 2.60. The third kappa shape index (κ3) is 11.1. The fraction of sp³-hybridized carbons (Fsp3) is 0.486. The van der Waals surface area contributed by atoms with E-state index in [-0.39, 0.29) is 17.3 Å². The Morgan fingerprint density at radius 1 is 0.725 bits per heavy atom. The van der Waals surface area contributed by atoms with E-state index in [0.717, 1.165) is 12.5 Å². The fourth-order valence-electron chi connectivity index (χ4n) is 4.86. The average molecular weight is 558 g/mol. The van der Waals surface area contributed by atoms with Crippen LogP contribution in [0, 0.1) is 41.5 Å². The molecule has 1 fully saturated rings. The first kappa shape index (κ1) is 33.5. The zero-order chi connectivity index (χ0) is 30.0. The maximum atomic E-state index is 12.9. The number of hydrogen-bond donors (Lipinski definition) is 0. The molecule has 4 rings (SSSR count). The zero-order valence-electron chi connectivity index (χ0n) is 25.5. The van der Waals surface area contributed by atoms with Gasteiger partial charge in [0.15, 0.2) is 0 Å². The summed E-state index contributed by atoms with van der Waals surface area (Å²) in [5, 5.41) is 0. The van der Waals surface area contributed by atoms with Gasteiger partial charge < -0.3 is 0 Å². The lowest BCUT2D eigenvalue weighted by molar-refractivity contribution is 0.108. The van der Waals surface area contributed by atoms with E-state index in [1.807, 2.05) is 12.1 Å². The van der Waals surface area contributed by atoms with Gasteiger partial charge in [-0.3, -0.25) is 4.90 Å². The summed E-state index contributed by atoms with van der Waals surface area (Å²) in [6, 6.07) is 17.0. The highest BCUT2D eigenvalue weighted by molar-refractivity contribution is 5.24. The van der Waals surface area contributed by atoms with Crippen molar-refractivity contribution in [2.75, 3.05) is 13.1 Å². The number of hydrogen-bond acceptors (Lipinski definition) is 1. The van der Waals surface area contributed by atoms with Crippen LogP contribution in [0.15, 0.2) is 60.7 Å². The number of likely N-dealkylation sites (tertiary alicyclic amines) is 1. The second kappa shape index (κ2) is 15.4. The Hall–Kier alpha value is -2.66. The van der Waals surface area contributed by atoms with Crippen molar-refractivity contribution in [2.24, 2.45) is 11.3 Å². The molecule has 220 valence electrons. The zero-order valence-corrected chi connectivity index (χ0v) is 25.5. The van der Waals surface area contributed by atoms with Crippen LogP contribution in [0.3, 0.4) is 0 Å². The summed E-state index contributed by atoms with van der Waals surface area (Å²) >= 11 is 0. The summed E-state index contributed by atoms with van der Waals surface area (Å²) in [7, 11) is 0. The first-order valence-corrected chi connectivity index (χ1v) is 14.3. The van der Waals surface area contributed by atoms with E-state index in [2.05, 4.69) is 70.7 Å². The Morgan fingerprint density at radius 3 is 1.65 bits per heavy atom. The molecule has 40 heavy (non-hydrogen) atoms. The van der Waals surface area contributed by atoms with E-state index in [0.29, 0.717) is 23.5 Å². The molecule has 1 heterocycles. The summed E-state index contributed by atoms with van der Waals surface area (Å²) < 4.78 is 50.5. The standard InChI is InChI=1S/C17H27N.C9H9F3.C9H11F/c1-14-5-7-15(8-6-14)13-18-11-9-16(10-12-18)17(2,3)4;1-5(2)9-7(11)3-6(10)4-8(9)12;1-7(2)8-3-5-9(10)6-4-8/h5-8,16H,9-13H2,1-4H3;3-5H,1-2H3;3-7H,1-2H3. The minimum absolute atomic E-state index is 0.0589. The van der Waals surface area contributed by atoms with Crippen molar-refractivity contribution in [3.05, 3.63) is 106 Å². The molecule has 5 heteroatoms. The van der Waals surface area contributed by atoms with Crippen LogP contribution in [-0.4, -0.2) is 18.0 Å². The molecule has 1 nitrogen and oxygen atoms in total. The molecule has 0 radical (unpaired) electrons. The van der Waals surface area contributed by atoms with Crippen molar-refractivity contribution >= 4 is 0 Å². The molecule has 0 bridgehead atoms. The van der Waals surface area contributed by atoms with Crippen LogP contribution in [-0.2, 0) is 6.54 Å². The third-order valence-corrected chi connectivity index (χ3v) is 7.50. The van der Waals surface area contributed by atoms with Crippen molar-refractivity contribution in [2.45, 2.75) is 86.6 Å². The van der Waals surface area contributed by atoms with Gasteiger partial charge in [0.1, 0.15) is 23.3 Å². The van der Waals surface area contributed by atoms with Gasteiger partial charge in [0, 0.05) is 24.2 Å². The molecular weight excluding hydrogens is 510 g/mol. The molecule has 0 N–H and O–H groups in total. The lowest BCUT2D eigenvalue weighted by Gasteiger charge is -2.38. The predicted molar refractivity (Wildman–Crippen MR) is 160 cm³/mol. The minimum atomic E-state index is -0.880. The normalized spacial score (nSPS) is 14.4. The van der Waals surface area contributed by atoms with Crippen LogP contribution in [0.25, 0.3) is 0 Å².